The van der Waals surface area contributed by atoms with Crippen molar-refractivity contribution >= 4 is 56.0 Å². The molecule has 0 aromatic heterocycles. The Labute approximate surface area is 197 Å². The molecule has 2 rings (SSSR count). The average Bonchev–Trinajstić information content (AvgIpc) is 2.68. The number of hydrogen-bond donors (Lipinski definition) is 1. The van der Waals surface area contributed by atoms with Crippen molar-refractivity contribution in [3.8, 4) is 0 Å². The van der Waals surface area contributed by atoms with Gasteiger partial charge in [-0.15, -0.1) is 0 Å². The predicted molar refractivity (Wildman–Crippen MR) is 108 cm³/mol. The largest absolute Gasteiger partial charge is 0.423 e. The Hall–Kier alpha value is -3.21. The van der Waals surface area contributed by atoms with Gasteiger partial charge in [-0.1, -0.05) is 18.5 Å². The van der Waals surface area contributed by atoms with Gasteiger partial charge in [0, 0.05) is 6.07 Å². The molecule has 34 heavy (non-hydrogen) atoms. The number of hydrogen-bond acceptors (Lipinski definition) is 7. The number of anilines is 2. The molecule has 2 aromatic carbocycles. The summed E-state index contributed by atoms with van der Waals surface area (Å²) in [6.07, 6.45) is -11.5. The van der Waals surface area contributed by atoms with Crippen LogP contribution in [0, 0.1) is 30.3 Å². The zero-order valence-corrected chi connectivity index (χ0v) is 18.5. The summed E-state index contributed by atoms with van der Waals surface area (Å²) in [6, 6.07) is 0.113. The van der Waals surface area contributed by atoms with Crippen LogP contribution in [0.2, 0.25) is 5.02 Å². The molecule has 0 aliphatic carbocycles. The third-order valence-electron chi connectivity index (χ3n) is 4.35. The van der Waals surface area contributed by atoms with E-state index in [-0.39, 0.29) is 12.1 Å². The van der Waals surface area contributed by atoms with E-state index >= 15 is 0 Å². The fourth-order valence-corrected chi connectivity index (χ4v) is 3.82. The number of nitro groups is 3. The Bertz CT molecular complexity index is 1220. The van der Waals surface area contributed by atoms with Crippen LogP contribution in [0.15, 0.2) is 16.6 Å². The topological polar surface area (TPSA) is 141 Å². The lowest BCUT2D eigenvalue weighted by atomic mass is 9.99. The summed E-state index contributed by atoms with van der Waals surface area (Å²) in [7, 11) is 0. The maximum atomic E-state index is 13.7. The first kappa shape index (κ1) is 27.0. The van der Waals surface area contributed by atoms with Crippen LogP contribution in [-0.2, 0) is 18.8 Å². The normalized spacial score (nSPS) is 11.9. The van der Waals surface area contributed by atoms with Gasteiger partial charge in [-0.2, -0.15) is 26.3 Å². The molecule has 0 aliphatic rings. The molecule has 0 heterocycles. The molecule has 2 aromatic rings. The minimum absolute atomic E-state index is 0.0556. The number of non-ortho nitro benzene ring substituents is 1. The van der Waals surface area contributed by atoms with E-state index in [0.29, 0.717) is 0 Å². The zero-order chi connectivity index (χ0) is 26.3. The van der Waals surface area contributed by atoms with Crippen molar-refractivity contribution in [3.05, 3.63) is 68.7 Å². The maximum Gasteiger partial charge on any atom is 0.423 e. The summed E-state index contributed by atoms with van der Waals surface area (Å²) < 4.78 is 81.2. The quantitative estimate of drug-likeness (QED) is 0.216. The Morgan fingerprint density at radius 2 is 1.50 bits per heavy atom. The van der Waals surface area contributed by atoms with Crippen molar-refractivity contribution in [2.75, 3.05) is 5.32 Å². The van der Waals surface area contributed by atoms with E-state index in [4.69, 9.17) is 11.6 Å². The lowest BCUT2D eigenvalue weighted by Crippen LogP contribution is -2.17. The second-order valence-electron chi connectivity index (χ2n) is 6.34. The van der Waals surface area contributed by atoms with Gasteiger partial charge in [0.15, 0.2) is 0 Å². The highest BCUT2D eigenvalue weighted by atomic mass is 79.9. The molecular weight excluding hydrogens is 574 g/mol. The van der Waals surface area contributed by atoms with Crippen molar-refractivity contribution in [2.24, 2.45) is 0 Å². The van der Waals surface area contributed by atoms with E-state index in [2.05, 4.69) is 15.9 Å². The minimum atomic E-state index is -5.44. The number of alkyl halides is 6. The standard InChI is InChI=1S/C16H8BrClF6N4O6/c1-2-6-9(16(22,23)24)14(28(33)34)10(17)11(18)12(6)25-13-7(15(19,20)21)3-5(26(29)30)4-8(13)27(31)32/h3-4,25H,2H2,1H3. The average molecular weight is 582 g/mol. The SMILES string of the molecule is CCc1c(Nc2c([N+](=O)[O-])cc([N+](=O)[O-])cc2C(F)(F)F)c(Cl)c(Br)c([N+](=O)[O-])c1C(F)(F)F. The molecule has 0 saturated carbocycles. The van der Waals surface area contributed by atoms with Gasteiger partial charge in [0.1, 0.15) is 15.7 Å². The van der Waals surface area contributed by atoms with Crippen LogP contribution < -0.4 is 5.32 Å². The van der Waals surface area contributed by atoms with Gasteiger partial charge in [0.25, 0.3) is 17.1 Å². The number of benzene rings is 2. The monoisotopic (exact) mass is 580 g/mol. The van der Waals surface area contributed by atoms with Crippen LogP contribution in [0.4, 0.5) is 54.8 Å². The first-order chi connectivity index (χ1) is 15.4. The predicted octanol–water partition coefficient (Wildman–Crippen LogP) is 7.17. The molecule has 18 heteroatoms. The lowest BCUT2D eigenvalue weighted by molar-refractivity contribution is -0.394. The number of nitrogens with zero attached hydrogens (tertiary/aromatic N) is 3. The van der Waals surface area contributed by atoms with Crippen LogP contribution in [0.1, 0.15) is 23.6 Å². The Morgan fingerprint density at radius 1 is 0.941 bits per heavy atom. The highest BCUT2D eigenvalue weighted by molar-refractivity contribution is 9.10. The van der Waals surface area contributed by atoms with Gasteiger partial charge < -0.3 is 5.32 Å². The van der Waals surface area contributed by atoms with Crippen molar-refractivity contribution in [3.63, 3.8) is 0 Å². The van der Waals surface area contributed by atoms with Gasteiger partial charge in [0.2, 0.25) is 0 Å². The number of nitrogens with one attached hydrogen (secondary N) is 1. The molecule has 1 N–H and O–H groups in total. The highest BCUT2D eigenvalue weighted by Gasteiger charge is 2.45. The molecule has 0 spiro atoms. The molecule has 0 saturated heterocycles. The second kappa shape index (κ2) is 9.21. The van der Waals surface area contributed by atoms with E-state index in [1.165, 1.54) is 0 Å². The first-order valence-electron chi connectivity index (χ1n) is 8.49. The highest BCUT2D eigenvalue weighted by Crippen LogP contribution is 2.52. The molecule has 0 atom stereocenters. The molecule has 0 aliphatic heterocycles. The van der Waals surface area contributed by atoms with Crippen LogP contribution >= 0.6 is 27.5 Å². The molecule has 0 unspecified atom stereocenters. The molecule has 0 amide bonds. The Kier molecular flexibility index (Phi) is 7.32. The summed E-state index contributed by atoms with van der Waals surface area (Å²) in [4.78, 5) is 29.5. The Balaban J connectivity index is 3.05. The van der Waals surface area contributed by atoms with Crippen LogP contribution in [0.3, 0.4) is 0 Å². The van der Waals surface area contributed by atoms with E-state index in [0.717, 1.165) is 6.92 Å². The van der Waals surface area contributed by atoms with Crippen molar-refractivity contribution in [2.45, 2.75) is 25.7 Å². The van der Waals surface area contributed by atoms with Gasteiger partial charge in [-0.25, -0.2) is 0 Å². The summed E-state index contributed by atoms with van der Waals surface area (Å²) in [5.41, 5.74) is -11.5. The molecule has 0 radical (unpaired) electrons. The maximum absolute atomic E-state index is 13.7. The first-order valence-corrected chi connectivity index (χ1v) is 9.66. The molecular formula is C16H8BrClF6N4O6. The lowest BCUT2D eigenvalue weighted by Gasteiger charge is -2.21. The van der Waals surface area contributed by atoms with E-state index in [9.17, 15) is 56.7 Å². The van der Waals surface area contributed by atoms with Crippen molar-refractivity contribution in [1.29, 1.82) is 0 Å². The summed E-state index contributed by atoms with van der Waals surface area (Å²) in [5, 5.41) is 34.6. The van der Waals surface area contributed by atoms with E-state index in [1.54, 1.807) is 0 Å². The van der Waals surface area contributed by atoms with Gasteiger partial charge in [0.05, 0.1) is 37.1 Å². The summed E-state index contributed by atoms with van der Waals surface area (Å²) in [6.45, 7) is 1.08. The third kappa shape index (κ3) is 4.98. The van der Waals surface area contributed by atoms with Gasteiger partial charge >= 0.3 is 12.4 Å². The number of rotatable bonds is 6. The van der Waals surface area contributed by atoms with Crippen molar-refractivity contribution in [1.82, 2.24) is 0 Å². The Morgan fingerprint density at radius 3 is 1.88 bits per heavy atom. The smallest absolute Gasteiger partial charge is 0.348 e. The van der Waals surface area contributed by atoms with Crippen LogP contribution in [0.5, 0.6) is 0 Å². The number of nitro benzene ring substituents is 3. The summed E-state index contributed by atoms with van der Waals surface area (Å²) in [5.74, 6) is 0. The zero-order valence-electron chi connectivity index (χ0n) is 16.2. The molecule has 10 nitrogen and oxygen atoms in total. The third-order valence-corrected chi connectivity index (χ3v) is 5.72. The fourth-order valence-electron chi connectivity index (χ4n) is 3.03. The molecule has 184 valence electrons. The fraction of sp³-hybridized carbons (Fsp3) is 0.250. The second-order valence-corrected chi connectivity index (χ2v) is 7.51. The van der Waals surface area contributed by atoms with E-state index in [1.807, 2.05) is 5.32 Å². The van der Waals surface area contributed by atoms with Gasteiger partial charge in [-0.05, 0) is 27.9 Å². The van der Waals surface area contributed by atoms with E-state index < -0.39 is 88.2 Å². The number of halogens is 8. The molecule has 0 fully saturated rings. The molecule has 0 bridgehead atoms. The minimum Gasteiger partial charge on any atom is -0.348 e. The van der Waals surface area contributed by atoms with Crippen LogP contribution in [-0.4, -0.2) is 14.8 Å². The van der Waals surface area contributed by atoms with Crippen LogP contribution in [0.25, 0.3) is 0 Å². The summed E-state index contributed by atoms with van der Waals surface area (Å²) >= 11 is 8.47. The van der Waals surface area contributed by atoms with Crippen molar-refractivity contribution < 1.29 is 41.1 Å². The van der Waals surface area contributed by atoms with Gasteiger partial charge in [-0.3, -0.25) is 30.3 Å².